The molecule has 3 rings (SSSR count). The number of amides is 1. The number of anilines is 1. The summed E-state index contributed by atoms with van der Waals surface area (Å²) in [4.78, 5) is 12.1. The van der Waals surface area contributed by atoms with Crippen LogP contribution in [0.25, 0.3) is 0 Å². The van der Waals surface area contributed by atoms with E-state index < -0.39 is 5.91 Å². The van der Waals surface area contributed by atoms with Crippen LogP contribution >= 0.6 is 0 Å². The van der Waals surface area contributed by atoms with E-state index in [2.05, 4.69) is 15.5 Å². The molecule has 6 heteroatoms. The smallest absolute Gasteiger partial charge is 0.313 e. The molecule has 3 aromatic rings. The summed E-state index contributed by atoms with van der Waals surface area (Å²) in [5, 5.41) is 19.0. The number of hydrogen-bond acceptors (Lipinski definition) is 5. The molecule has 0 radical (unpaired) electrons. The lowest BCUT2D eigenvalue weighted by Crippen LogP contribution is -2.12. The molecule has 1 heterocycles. The Kier molecular flexibility index (Phi) is 4.11. The summed E-state index contributed by atoms with van der Waals surface area (Å²) in [6, 6.07) is 18.2. The Morgan fingerprint density at radius 1 is 1.09 bits per heavy atom. The molecule has 1 N–H and O–H groups in total. The zero-order valence-corrected chi connectivity index (χ0v) is 12.1. The van der Waals surface area contributed by atoms with Crippen LogP contribution in [0.3, 0.4) is 0 Å². The summed E-state index contributed by atoms with van der Waals surface area (Å²) in [6.07, 6.45) is 0.470. The molecule has 23 heavy (non-hydrogen) atoms. The van der Waals surface area contributed by atoms with Crippen LogP contribution in [0.15, 0.2) is 59.0 Å². The van der Waals surface area contributed by atoms with Crippen molar-refractivity contribution in [2.45, 2.75) is 6.42 Å². The van der Waals surface area contributed by atoms with Crippen LogP contribution in [-0.2, 0) is 6.42 Å². The minimum atomic E-state index is -0.485. The van der Waals surface area contributed by atoms with Gasteiger partial charge in [-0.1, -0.05) is 30.3 Å². The predicted octanol–water partition coefficient (Wildman–Crippen LogP) is 2.78. The number of rotatable bonds is 4. The summed E-state index contributed by atoms with van der Waals surface area (Å²) in [5.74, 6) is -0.206. The largest absolute Gasteiger partial charge is 0.417 e. The monoisotopic (exact) mass is 304 g/mol. The molecule has 1 amide bonds. The zero-order chi connectivity index (χ0) is 16.1. The van der Waals surface area contributed by atoms with Gasteiger partial charge >= 0.3 is 11.8 Å². The molecule has 0 fully saturated rings. The number of carbonyl (C=O) groups excluding carboxylic acids is 1. The van der Waals surface area contributed by atoms with E-state index in [0.717, 1.165) is 5.56 Å². The van der Waals surface area contributed by atoms with Crippen LogP contribution in [0.1, 0.15) is 27.7 Å². The van der Waals surface area contributed by atoms with E-state index in [1.54, 1.807) is 24.3 Å². The first-order chi connectivity index (χ1) is 11.2. The highest BCUT2D eigenvalue weighted by molar-refractivity contribution is 6.00. The number of nitrogens with zero attached hydrogens (tertiary/aromatic N) is 3. The first-order valence-corrected chi connectivity index (χ1v) is 6.92. The number of nitrogens with one attached hydrogen (secondary N) is 1. The molecule has 1 aromatic heterocycles. The average Bonchev–Trinajstić information content (AvgIpc) is 3.05. The van der Waals surface area contributed by atoms with Gasteiger partial charge in [0, 0.05) is 5.69 Å². The van der Waals surface area contributed by atoms with E-state index >= 15 is 0 Å². The molecule has 0 atom stereocenters. The lowest BCUT2D eigenvalue weighted by atomic mass is 10.2. The average molecular weight is 304 g/mol. The minimum absolute atomic E-state index is 0.0970. The standard InChI is InChI=1S/C17H12N4O2/c18-11-13-6-8-14(9-7-13)19-16(22)17-21-20-15(23-17)10-12-4-2-1-3-5-12/h1-9H,10H2,(H,19,22). The first-order valence-electron chi connectivity index (χ1n) is 6.92. The molecule has 0 spiro atoms. The molecule has 0 aliphatic carbocycles. The fourth-order valence-corrected chi connectivity index (χ4v) is 2.00. The van der Waals surface area contributed by atoms with Crippen molar-refractivity contribution in [3.05, 3.63) is 77.5 Å². The van der Waals surface area contributed by atoms with Gasteiger partial charge in [-0.2, -0.15) is 5.26 Å². The lowest BCUT2D eigenvalue weighted by molar-refractivity contribution is 0.0988. The Morgan fingerprint density at radius 3 is 2.52 bits per heavy atom. The molecule has 0 bridgehead atoms. The van der Waals surface area contributed by atoms with Crippen molar-refractivity contribution in [2.24, 2.45) is 0 Å². The summed E-state index contributed by atoms with van der Waals surface area (Å²) >= 11 is 0. The minimum Gasteiger partial charge on any atom is -0.417 e. The lowest BCUT2D eigenvalue weighted by Gasteiger charge is -2.01. The maximum absolute atomic E-state index is 12.1. The second-order valence-corrected chi connectivity index (χ2v) is 4.81. The molecule has 0 unspecified atom stereocenters. The topological polar surface area (TPSA) is 91.8 Å². The van der Waals surface area contributed by atoms with Crippen molar-refractivity contribution in [3.63, 3.8) is 0 Å². The fourth-order valence-electron chi connectivity index (χ4n) is 2.00. The van der Waals surface area contributed by atoms with E-state index in [1.165, 1.54) is 0 Å². The highest BCUT2D eigenvalue weighted by Crippen LogP contribution is 2.12. The molecule has 0 saturated heterocycles. The number of nitriles is 1. The van der Waals surface area contributed by atoms with Crippen LogP contribution in [0, 0.1) is 11.3 Å². The van der Waals surface area contributed by atoms with Gasteiger partial charge in [-0.3, -0.25) is 4.79 Å². The Bertz CT molecular complexity index is 848. The Hall–Kier alpha value is -3.46. The first kappa shape index (κ1) is 14.5. The van der Waals surface area contributed by atoms with E-state index in [4.69, 9.17) is 9.68 Å². The Morgan fingerprint density at radius 2 is 1.83 bits per heavy atom. The second kappa shape index (κ2) is 6.54. The van der Waals surface area contributed by atoms with Crippen LogP contribution in [-0.4, -0.2) is 16.1 Å². The van der Waals surface area contributed by atoms with Crippen molar-refractivity contribution in [1.29, 1.82) is 5.26 Å². The van der Waals surface area contributed by atoms with E-state index in [-0.39, 0.29) is 5.89 Å². The van der Waals surface area contributed by atoms with E-state index in [1.807, 2.05) is 36.4 Å². The van der Waals surface area contributed by atoms with Gasteiger partial charge in [0.25, 0.3) is 0 Å². The maximum atomic E-state index is 12.1. The second-order valence-electron chi connectivity index (χ2n) is 4.81. The van der Waals surface area contributed by atoms with E-state index in [0.29, 0.717) is 23.6 Å². The number of aromatic nitrogens is 2. The van der Waals surface area contributed by atoms with Crippen LogP contribution < -0.4 is 5.32 Å². The van der Waals surface area contributed by atoms with Gasteiger partial charge in [0.05, 0.1) is 18.1 Å². The summed E-state index contributed by atoms with van der Waals surface area (Å²) in [5.41, 5.74) is 2.10. The predicted molar refractivity (Wildman–Crippen MR) is 82.7 cm³/mol. The third kappa shape index (κ3) is 3.60. The number of hydrogen-bond donors (Lipinski definition) is 1. The fraction of sp³-hybridized carbons (Fsp3) is 0.0588. The Labute approximate surface area is 132 Å². The molecule has 112 valence electrons. The third-order valence-corrected chi connectivity index (χ3v) is 3.13. The van der Waals surface area contributed by atoms with Crippen LogP contribution in [0.4, 0.5) is 5.69 Å². The van der Waals surface area contributed by atoms with Crippen molar-refractivity contribution in [3.8, 4) is 6.07 Å². The van der Waals surface area contributed by atoms with Crippen molar-refractivity contribution in [2.75, 3.05) is 5.32 Å². The SMILES string of the molecule is N#Cc1ccc(NC(=O)c2nnc(Cc3ccccc3)o2)cc1. The van der Waals surface area contributed by atoms with E-state index in [9.17, 15) is 4.79 Å². The zero-order valence-electron chi connectivity index (χ0n) is 12.1. The highest BCUT2D eigenvalue weighted by atomic mass is 16.4. The number of benzene rings is 2. The maximum Gasteiger partial charge on any atom is 0.313 e. The Balaban J connectivity index is 1.67. The summed E-state index contributed by atoms with van der Waals surface area (Å²) in [6.45, 7) is 0. The molecule has 0 aliphatic rings. The molecule has 0 saturated carbocycles. The number of carbonyl (C=O) groups is 1. The molecule has 2 aromatic carbocycles. The van der Waals surface area contributed by atoms with Crippen molar-refractivity contribution < 1.29 is 9.21 Å². The van der Waals surface area contributed by atoms with Gasteiger partial charge in [0.2, 0.25) is 5.89 Å². The molecule has 6 nitrogen and oxygen atoms in total. The normalized spacial score (nSPS) is 10.0. The van der Waals surface area contributed by atoms with Gasteiger partial charge in [0.15, 0.2) is 0 Å². The van der Waals surface area contributed by atoms with Gasteiger partial charge in [0.1, 0.15) is 0 Å². The third-order valence-electron chi connectivity index (χ3n) is 3.13. The molecular formula is C17H12N4O2. The van der Waals surface area contributed by atoms with Gasteiger partial charge in [-0.15, -0.1) is 10.2 Å². The van der Waals surface area contributed by atoms with Gasteiger partial charge in [-0.05, 0) is 29.8 Å². The van der Waals surface area contributed by atoms with Crippen molar-refractivity contribution in [1.82, 2.24) is 10.2 Å². The summed E-state index contributed by atoms with van der Waals surface area (Å²) < 4.78 is 5.38. The highest BCUT2D eigenvalue weighted by Gasteiger charge is 2.15. The van der Waals surface area contributed by atoms with Crippen LogP contribution in [0.5, 0.6) is 0 Å². The quantitative estimate of drug-likeness (QED) is 0.800. The summed E-state index contributed by atoms with van der Waals surface area (Å²) in [7, 11) is 0. The molecular weight excluding hydrogens is 292 g/mol. The molecule has 0 aliphatic heterocycles. The van der Waals surface area contributed by atoms with Crippen molar-refractivity contribution >= 4 is 11.6 Å². The van der Waals surface area contributed by atoms with Gasteiger partial charge < -0.3 is 9.73 Å². The van der Waals surface area contributed by atoms with Crippen LogP contribution in [0.2, 0.25) is 0 Å². The van der Waals surface area contributed by atoms with Gasteiger partial charge in [-0.25, -0.2) is 0 Å².